The zero-order valence-electron chi connectivity index (χ0n) is 64.4. The van der Waals surface area contributed by atoms with Crippen LogP contribution in [0.25, 0.3) is 10.4 Å². The molecule has 3 N–H and O–H groups in total. The zero-order valence-corrected chi connectivity index (χ0v) is 64.4. The molecule has 105 heavy (non-hydrogen) atoms. The molecule has 32 heteroatoms. The number of carboxylic acid groups (broad SMARTS) is 2. The highest BCUT2D eigenvalue weighted by molar-refractivity contribution is 5.98. The summed E-state index contributed by atoms with van der Waals surface area (Å²) in [6.45, 7) is 24.4. The molecule has 1 amide bonds. The summed E-state index contributed by atoms with van der Waals surface area (Å²) < 4.78 is 127. The van der Waals surface area contributed by atoms with Gasteiger partial charge in [0.25, 0.3) is 0 Å². The number of nitrogens with zero attached hydrogens (tertiary/aromatic N) is 3. The number of carbonyl (C=O) groups excluding carboxylic acids is 1. The molecule has 0 heterocycles. The Morgan fingerprint density at radius 2 is 0.457 bits per heavy atom. The lowest BCUT2D eigenvalue weighted by Crippen LogP contribution is -2.39. The van der Waals surface area contributed by atoms with Gasteiger partial charge in [0.15, 0.2) is 5.41 Å². The molecule has 0 radical (unpaired) electrons. The fourth-order valence-corrected chi connectivity index (χ4v) is 9.60. The summed E-state index contributed by atoms with van der Waals surface area (Å²) in [5, 5.41) is 26.0. The maximum atomic E-state index is 12.2. The largest absolute Gasteiger partial charge is 0.480 e. The number of unbranched alkanes of at least 4 members (excludes halogenated alkanes) is 15. The standard InChI is InChI=1S/C73H142N4O28/c1-2-3-4-5-6-8-11-14-17-20-73(71(79)80,72(81)82)21-18-15-12-9-7-10-13-16-19-70(78)75-22-24-83-26-28-85-30-32-87-34-36-89-38-40-91-42-44-93-46-48-95-50-52-97-54-56-99-58-60-101-62-64-103-66-68-105-69-67-104-65-63-102-61-59-100-57-55-98-53-51-96-49-47-94-45-43-92-41-39-90-37-35-88-33-31-86-29-27-84-25-23-76-77-74/h2-69H2,1H3,(H,75,78)(H,79,80)(H,81,82). The Bertz CT molecular complexity index is 1800. The second-order valence-corrected chi connectivity index (χ2v) is 24.0. The quantitative estimate of drug-likeness (QED) is 0.0172. The van der Waals surface area contributed by atoms with Crippen molar-refractivity contribution in [1.29, 1.82) is 0 Å². The van der Waals surface area contributed by atoms with Crippen LogP contribution in [0.5, 0.6) is 0 Å². The van der Waals surface area contributed by atoms with Crippen LogP contribution in [0.4, 0.5) is 0 Å². The Balaban J connectivity index is 3.23. The van der Waals surface area contributed by atoms with Crippen molar-refractivity contribution in [3.8, 4) is 0 Å². The highest BCUT2D eigenvalue weighted by Crippen LogP contribution is 2.33. The summed E-state index contributed by atoms with van der Waals surface area (Å²) in [5.41, 5.74) is 6.51. The number of hydrogen-bond acceptors (Lipinski definition) is 27. The van der Waals surface area contributed by atoms with E-state index >= 15 is 0 Å². The number of carbonyl (C=O) groups is 3. The third-order valence-electron chi connectivity index (χ3n) is 15.4. The maximum Gasteiger partial charge on any atom is 0.321 e. The number of rotatable bonds is 95. The number of carboxylic acids is 2. The van der Waals surface area contributed by atoms with Crippen LogP contribution in [0.15, 0.2) is 5.11 Å². The normalized spacial score (nSPS) is 11.7. The van der Waals surface area contributed by atoms with E-state index in [0.29, 0.717) is 336 Å². The van der Waals surface area contributed by atoms with E-state index in [1.54, 1.807) is 0 Å². The Hall–Kier alpha value is -3.20. The average Bonchev–Trinajstić information content (AvgIpc) is 0.829. The molecule has 32 nitrogen and oxygen atoms in total. The Labute approximate surface area is 627 Å². The van der Waals surface area contributed by atoms with Crippen LogP contribution in [-0.2, 0) is 123 Å². The van der Waals surface area contributed by atoms with Crippen molar-refractivity contribution in [3.05, 3.63) is 10.4 Å². The lowest BCUT2D eigenvalue weighted by molar-refractivity contribution is -0.166. The first-order valence-corrected chi connectivity index (χ1v) is 38.9. The van der Waals surface area contributed by atoms with Crippen LogP contribution < -0.4 is 5.32 Å². The number of ether oxygens (including phenoxy) is 23. The van der Waals surface area contributed by atoms with Gasteiger partial charge in [-0.05, 0) is 24.8 Å². The predicted octanol–water partition coefficient (Wildman–Crippen LogP) is 7.77. The van der Waals surface area contributed by atoms with Crippen LogP contribution in [0.1, 0.15) is 135 Å². The second kappa shape index (κ2) is 89.7. The van der Waals surface area contributed by atoms with E-state index in [2.05, 4.69) is 22.3 Å². The van der Waals surface area contributed by atoms with Crippen molar-refractivity contribution < 1.29 is 134 Å². The fraction of sp³-hybridized carbons (Fsp3) is 0.959. The van der Waals surface area contributed by atoms with Crippen molar-refractivity contribution in [1.82, 2.24) is 5.32 Å². The smallest absolute Gasteiger partial charge is 0.321 e. The molecule has 0 unspecified atom stereocenters. The molecule has 622 valence electrons. The van der Waals surface area contributed by atoms with Crippen LogP contribution in [-0.4, -0.2) is 345 Å². The van der Waals surface area contributed by atoms with Crippen LogP contribution in [0.3, 0.4) is 0 Å². The van der Waals surface area contributed by atoms with Gasteiger partial charge in [-0.3, -0.25) is 14.4 Å². The molecule has 0 aliphatic heterocycles. The molecule has 0 saturated carbocycles. The van der Waals surface area contributed by atoms with Gasteiger partial charge in [-0.1, -0.05) is 115 Å². The number of amides is 1. The Morgan fingerprint density at radius 1 is 0.276 bits per heavy atom. The fourth-order valence-electron chi connectivity index (χ4n) is 9.60. The molecule has 0 aromatic rings. The summed E-state index contributed by atoms with van der Waals surface area (Å²) in [7, 11) is 0. The van der Waals surface area contributed by atoms with Crippen molar-refractivity contribution in [2.45, 2.75) is 135 Å². The Kier molecular flexibility index (Phi) is 87.0. The van der Waals surface area contributed by atoms with Gasteiger partial charge >= 0.3 is 11.9 Å². The molecule has 0 aromatic carbocycles. The van der Waals surface area contributed by atoms with Gasteiger partial charge in [0, 0.05) is 24.4 Å². The first-order valence-electron chi connectivity index (χ1n) is 38.9. The van der Waals surface area contributed by atoms with Crippen molar-refractivity contribution >= 4 is 17.8 Å². The minimum absolute atomic E-state index is 0.0182. The van der Waals surface area contributed by atoms with Crippen molar-refractivity contribution in [2.24, 2.45) is 10.5 Å². The van der Waals surface area contributed by atoms with Gasteiger partial charge in [0.1, 0.15) is 0 Å². The van der Waals surface area contributed by atoms with Gasteiger partial charge < -0.3 is 124 Å². The number of azide groups is 1. The molecule has 0 fully saturated rings. The highest BCUT2D eigenvalue weighted by atomic mass is 16.6. The minimum Gasteiger partial charge on any atom is -0.480 e. The molecule has 0 saturated heterocycles. The van der Waals surface area contributed by atoms with Crippen LogP contribution in [0, 0.1) is 5.41 Å². The van der Waals surface area contributed by atoms with Gasteiger partial charge in [0.05, 0.1) is 304 Å². The first kappa shape index (κ1) is 102. The van der Waals surface area contributed by atoms with E-state index in [-0.39, 0.29) is 18.7 Å². The molecule has 0 aliphatic rings. The average molecular weight is 1520 g/mol. The van der Waals surface area contributed by atoms with E-state index in [1.807, 2.05) is 0 Å². The summed E-state index contributed by atoms with van der Waals surface area (Å²) in [4.78, 5) is 39.0. The van der Waals surface area contributed by atoms with E-state index in [1.165, 1.54) is 32.1 Å². The van der Waals surface area contributed by atoms with E-state index in [4.69, 9.17) is 114 Å². The lowest BCUT2D eigenvalue weighted by atomic mass is 9.78. The molecule has 0 bridgehead atoms. The number of hydrogen-bond donors (Lipinski definition) is 3. The summed E-state index contributed by atoms with van der Waals surface area (Å²) in [5.74, 6) is -2.39. The molecule has 0 rings (SSSR count). The van der Waals surface area contributed by atoms with E-state index in [0.717, 1.165) is 64.2 Å². The SMILES string of the molecule is CCCCCCCCCCCC(CCCCCCCCCCC(=O)NCCOCCOCCOCCOCCOCCOCCOCCOCCOCCOCCOCCOCCOCCOCCOCCOCCOCCOCCOCCOCCOCCOCCOCCN=[N+]=[N-])(C(=O)O)C(=O)O. The molecule has 0 spiro atoms. The summed E-state index contributed by atoms with van der Waals surface area (Å²) >= 11 is 0. The maximum absolute atomic E-state index is 12.2. The van der Waals surface area contributed by atoms with Crippen LogP contribution in [0.2, 0.25) is 0 Å². The minimum atomic E-state index is -1.67. The van der Waals surface area contributed by atoms with Crippen molar-refractivity contribution in [3.63, 3.8) is 0 Å². The van der Waals surface area contributed by atoms with Gasteiger partial charge in [-0.25, -0.2) is 0 Å². The number of aliphatic carboxylic acids is 2. The lowest BCUT2D eigenvalue weighted by Gasteiger charge is -2.25. The van der Waals surface area contributed by atoms with Gasteiger partial charge in [-0.2, -0.15) is 0 Å². The highest BCUT2D eigenvalue weighted by Gasteiger charge is 2.45. The summed E-state index contributed by atoms with van der Waals surface area (Å²) in [6, 6.07) is 0. The third-order valence-corrected chi connectivity index (χ3v) is 15.4. The van der Waals surface area contributed by atoms with E-state index in [9.17, 15) is 24.6 Å². The molecule has 0 aliphatic carbocycles. The predicted molar refractivity (Wildman–Crippen MR) is 392 cm³/mol. The van der Waals surface area contributed by atoms with Crippen LogP contribution >= 0.6 is 0 Å². The molecular formula is C73H142N4O28. The zero-order chi connectivity index (χ0) is 75.7. The first-order chi connectivity index (χ1) is 51.9. The van der Waals surface area contributed by atoms with E-state index < -0.39 is 17.4 Å². The van der Waals surface area contributed by atoms with Gasteiger partial charge in [0.2, 0.25) is 5.91 Å². The van der Waals surface area contributed by atoms with Crippen molar-refractivity contribution in [2.75, 3.05) is 317 Å². The topological polar surface area (TPSA) is 365 Å². The third kappa shape index (κ3) is 81.6. The monoisotopic (exact) mass is 1520 g/mol. The van der Waals surface area contributed by atoms with Gasteiger partial charge in [-0.15, -0.1) is 0 Å². The molecule has 0 aromatic heterocycles. The summed E-state index contributed by atoms with van der Waals surface area (Å²) in [6.07, 6.45) is 18.0. The number of nitrogens with one attached hydrogen (secondary N) is 1. The molecule has 0 atom stereocenters. The molecular weight excluding hydrogens is 1380 g/mol. The Morgan fingerprint density at radius 3 is 0.657 bits per heavy atom. The second-order valence-electron chi connectivity index (χ2n) is 24.0.